The number of carbonyl (C=O) groups is 1. The Morgan fingerprint density at radius 2 is 2.03 bits per heavy atom. The Morgan fingerprint density at radius 1 is 1.19 bits per heavy atom. The minimum atomic E-state index is -0.227. The van der Waals surface area contributed by atoms with Crippen LogP contribution in [0.1, 0.15) is 34.9 Å². The quantitative estimate of drug-likeness (QED) is 0.558. The van der Waals surface area contributed by atoms with Crippen molar-refractivity contribution in [3.63, 3.8) is 0 Å². The van der Waals surface area contributed by atoms with E-state index < -0.39 is 0 Å². The van der Waals surface area contributed by atoms with Crippen LogP contribution in [0.25, 0.3) is 0 Å². The molecule has 0 saturated carbocycles. The third-order valence-electron chi connectivity index (χ3n) is 5.65. The first-order valence-electron chi connectivity index (χ1n) is 10.9. The molecule has 1 amide bonds. The van der Waals surface area contributed by atoms with Gasteiger partial charge in [0.25, 0.3) is 0 Å². The molecule has 7 nitrogen and oxygen atoms in total. The molecule has 7 heteroatoms. The SMILES string of the molecule is COc1ccc(CCC(=O)NCC2OCCc3cn(Cc4ccccc4)nc32)c(OC)c1. The maximum absolute atomic E-state index is 12.5. The van der Waals surface area contributed by atoms with Crippen LogP contribution in [0, 0.1) is 0 Å². The highest BCUT2D eigenvalue weighted by atomic mass is 16.5. The fourth-order valence-corrected chi connectivity index (χ4v) is 3.94. The van der Waals surface area contributed by atoms with Crippen LogP contribution in [0.4, 0.5) is 0 Å². The van der Waals surface area contributed by atoms with Crippen LogP contribution in [0.5, 0.6) is 11.5 Å². The summed E-state index contributed by atoms with van der Waals surface area (Å²) in [5.74, 6) is 1.43. The van der Waals surface area contributed by atoms with Crippen LogP contribution < -0.4 is 14.8 Å². The second-order valence-corrected chi connectivity index (χ2v) is 7.81. The monoisotopic (exact) mass is 435 g/mol. The number of nitrogens with one attached hydrogen (secondary N) is 1. The van der Waals surface area contributed by atoms with Gasteiger partial charge in [0.05, 0.1) is 33.1 Å². The third kappa shape index (κ3) is 5.29. The van der Waals surface area contributed by atoms with Crippen molar-refractivity contribution < 1.29 is 19.0 Å². The topological polar surface area (TPSA) is 74.6 Å². The van der Waals surface area contributed by atoms with E-state index in [9.17, 15) is 4.79 Å². The van der Waals surface area contributed by atoms with Gasteiger partial charge in [0.1, 0.15) is 17.6 Å². The van der Waals surface area contributed by atoms with E-state index in [1.165, 1.54) is 11.1 Å². The molecule has 2 aromatic carbocycles. The number of nitrogens with zero attached hydrogens (tertiary/aromatic N) is 2. The molecular formula is C25H29N3O4. The average molecular weight is 436 g/mol. The van der Waals surface area contributed by atoms with E-state index in [1.54, 1.807) is 14.2 Å². The number of methoxy groups -OCH3 is 2. The van der Waals surface area contributed by atoms with Crippen molar-refractivity contribution in [2.75, 3.05) is 27.4 Å². The number of carbonyl (C=O) groups excluding carboxylic acids is 1. The molecule has 1 aromatic heterocycles. The smallest absolute Gasteiger partial charge is 0.220 e. The predicted molar refractivity (Wildman–Crippen MR) is 121 cm³/mol. The lowest BCUT2D eigenvalue weighted by Crippen LogP contribution is -2.32. The maximum atomic E-state index is 12.5. The van der Waals surface area contributed by atoms with Gasteiger partial charge < -0.3 is 19.5 Å². The molecule has 4 rings (SSSR count). The molecule has 1 N–H and O–H groups in total. The first-order valence-corrected chi connectivity index (χ1v) is 10.9. The number of hydrogen-bond donors (Lipinski definition) is 1. The van der Waals surface area contributed by atoms with Gasteiger partial charge in [-0.1, -0.05) is 36.4 Å². The molecule has 0 radical (unpaired) electrons. The van der Waals surface area contributed by atoms with Crippen LogP contribution >= 0.6 is 0 Å². The minimum absolute atomic E-state index is 0.0256. The van der Waals surface area contributed by atoms with Crippen LogP contribution in [-0.4, -0.2) is 43.1 Å². The molecule has 0 fully saturated rings. The number of ether oxygens (including phenoxy) is 3. The van der Waals surface area contributed by atoms with Gasteiger partial charge in [0, 0.05) is 25.2 Å². The molecular weight excluding hydrogens is 406 g/mol. The summed E-state index contributed by atoms with van der Waals surface area (Å²) in [6.45, 7) is 1.76. The summed E-state index contributed by atoms with van der Waals surface area (Å²) >= 11 is 0. The van der Waals surface area contributed by atoms with Gasteiger partial charge in [-0.05, 0) is 35.6 Å². The Morgan fingerprint density at radius 3 is 2.81 bits per heavy atom. The van der Waals surface area contributed by atoms with E-state index in [-0.39, 0.29) is 12.0 Å². The van der Waals surface area contributed by atoms with Gasteiger partial charge in [-0.15, -0.1) is 0 Å². The summed E-state index contributed by atoms with van der Waals surface area (Å²) in [5.41, 5.74) is 4.28. The molecule has 168 valence electrons. The largest absolute Gasteiger partial charge is 0.497 e. The second-order valence-electron chi connectivity index (χ2n) is 7.81. The molecule has 1 aliphatic heterocycles. The van der Waals surface area contributed by atoms with Crippen LogP contribution in [0.2, 0.25) is 0 Å². The molecule has 1 aliphatic rings. The lowest BCUT2D eigenvalue weighted by molar-refractivity contribution is -0.121. The van der Waals surface area contributed by atoms with Crippen molar-refractivity contribution in [1.29, 1.82) is 0 Å². The lowest BCUT2D eigenvalue weighted by Gasteiger charge is -2.22. The van der Waals surface area contributed by atoms with Gasteiger partial charge in [-0.3, -0.25) is 9.48 Å². The summed E-state index contributed by atoms with van der Waals surface area (Å²) in [6.07, 6.45) is 3.66. The molecule has 32 heavy (non-hydrogen) atoms. The second kappa shape index (κ2) is 10.3. The Kier molecular flexibility index (Phi) is 7.07. The summed E-state index contributed by atoms with van der Waals surface area (Å²) in [4.78, 5) is 12.5. The van der Waals surface area contributed by atoms with Crippen LogP contribution in [-0.2, 0) is 28.9 Å². The zero-order valence-corrected chi connectivity index (χ0v) is 18.5. The summed E-state index contributed by atoms with van der Waals surface area (Å²) < 4.78 is 18.5. The van der Waals surface area contributed by atoms with Crippen molar-refractivity contribution in [1.82, 2.24) is 15.1 Å². The van der Waals surface area contributed by atoms with E-state index in [2.05, 4.69) is 23.6 Å². The zero-order valence-electron chi connectivity index (χ0n) is 18.5. The van der Waals surface area contributed by atoms with E-state index in [1.807, 2.05) is 41.1 Å². The van der Waals surface area contributed by atoms with Crippen molar-refractivity contribution in [2.45, 2.75) is 31.9 Å². The zero-order chi connectivity index (χ0) is 22.3. The van der Waals surface area contributed by atoms with Gasteiger partial charge in [-0.2, -0.15) is 5.10 Å². The first-order chi connectivity index (χ1) is 15.7. The van der Waals surface area contributed by atoms with Crippen molar-refractivity contribution >= 4 is 5.91 Å². The highest BCUT2D eigenvalue weighted by Gasteiger charge is 2.25. The number of aromatic nitrogens is 2. The number of hydrogen-bond acceptors (Lipinski definition) is 5. The van der Waals surface area contributed by atoms with Gasteiger partial charge in [0.15, 0.2) is 0 Å². The van der Waals surface area contributed by atoms with E-state index >= 15 is 0 Å². The molecule has 1 unspecified atom stereocenters. The van der Waals surface area contributed by atoms with Crippen LogP contribution in [0.3, 0.4) is 0 Å². The Bertz CT molecular complexity index is 1050. The number of amides is 1. The lowest BCUT2D eigenvalue weighted by atomic mass is 10.1. The normalized spacial score (nSPS) is 15.1. The van der Waals surface area contributed by atoms with E-state index in [0.29, 0.717) is 26.0 Å². The number of aryl methyl sites for hydroxylation is 1. The Balaban J connectivity index is 1.32. The first kappa shape index (κ1) is 21.9. The maximum Gasteiger partial charge on any atom is 0.220 e. The van der Waals surface area contributed by atoms with Crippen LogP contribution in [0.15, 0.2) is 54.7 Å². The molecule has 2 heterocycles. The third-order valence-corrected chi connectivity index (χ3v) is 5.65. The fraction of sp³-hybridized carbons (Fsp3) is 0.360. The molecule has 0 spiro atoms. The van der Waals surface area contributed by atoms with E-state index in [4.69, 9.17) is 19.3 Å². The van der Waals surface area contributed by atoms with Gasteiger partial charge in [0.2, 0.25) is 5.91 Å². The predicted octanol–water partition coefficient (Wildman–Crippen LogP) is 3.31. The van der Waals surface area contributed by atoms with Crippen molar-refractivity contribution in [3.8, 4) is 11.5 Å². The molecule has 1 atom stereocenters. The highest BCUT2D eigenvalue weighted by Crippen LogP contribution is 2.27. The average Bonchev–Trinajstić information content (AvgIpc) is 3.24. The van der Waals surface area contributed by atoms with Crippen molar-refractivity contribution in [2.24, 2.45) is 0 Å². The molecule has 3 aromatic rings. The molecule has 0 saturated heterocycles. The fourth-order valence-electron chi connectivity index (χ4n) is 3.94. The summed E-state index contributed by atoms with van der Waals surface area (Å²) in [6, 6.07) is 15.9. The van der Waals surface area contributed by atoms with Crippen molar-refractivity contribution in [3.05, 3.63) is 77.1 Å². The van der Waals surface area contributed by atoms with Gasteiger partial charge in [-0.25, -0.2) is 0 Å². The standard InChI is InChI=1S/C25H29N3O4/c1-30-21-10-8-19(22(14-21)31-2)9-11-24(29)26-15-23-25-20(12-13-32-23)17-28(27-25)16-18-6-4-3-5-7-18/h3-8,10,14,17,23H,9,11-13,15-16H2,1-2H3,(H,26,29). The number of rotatable bonds is 9. The van der Waals surface area contributed by atoms with Gasteiger partial charge >= 0.3 is 0 Å². The minimum Gasteiger partial charge on any atom is -0.497 e. The molecule has 0 aliphatic carbocycles. The summed E-state index contributed by atoms with van der Waals surface area (Å²) in [5, 5.41) is 7.75. The highest BCUT2D eigenvalue weighted by molar-refractivity contribution is 5.76. The summed E-state index contributed by atoms with van der Waals surface area (Å²) in [7, 11) is 3.23. The number of benzene rings is 2. The Labute approximate surface area is 188 Å². The molecule has 0 bridgehead atoms. The number of fused-ring (bicyclic) bond motifs is 1. The van der Waals surface area contributed by atoms with E-state index in [0.717, 1.165) is 35.7 Å². The Hall–Kier alpha value is -3.32.